The van der Waals surface area contributed by atoms with Gasteiger partial charge in [0, 0.05) is 24.3 Å². The van der Waals surface area contributed by atoms with Crippen LogP contribution in [-0.2, 0) is 4.79 Å². The van der Waals surface area contributed by atoms with Gasteiger partial charge in [-0.05, 0) is 43.9 Å². The third-order valence-corrected chi connectivity index (χ3v) is 3.46. The van der Waals surface area contributed by atoms with Gasteiger partial charge in [0.1, 0.15) is 5.78 Å². The first-order valence-electron chi connectivity index (χ1n) is 6.74. The van der Waals surface area contributed by atoms with Crippen LogP contribution in [0.3, 0.4) is 0 Å². The first-order chi connectivity index (χ1) is 9.74. The Bertz CT molecular complexity index is 610. The molecule has 0 saturated heterocycles. The van der Waals surface area contributed by atoms with E-state index in [1.165, 1.54) is 0 Å². The number of ketones is 1. The molecule has 0 aromatic carbocycles. The van der Waals surface area contributed by atoms with E-state index in [9.17, 15) is 4.79 Å². The Morgan fingerprint density at radius 3 is 2.65 bits per heavy atom. The summed E-state index contributed by atoms with van der Waals surface area (Å²) in [4.78, 5) is 24.5. The lowest BCUT2D eigenvalue weighted by molar-refractivity contribution is -0.118. The molecule has 3 rings (SSSR count). The number of aromatic nitrogens is 3. The molecule has 1 saturated carbocycles. The van der Waals surface area contributed by atoms with Gasteiger partial charge < -0.3 is 5.32 Å². The number of hydrogen-bond acceptors (Lipinski definition) is 5. The van der Waals surface area contributed by atoms with E-state index in [0.717, 1.165) is 24.2 Å². The van der Waals surface area contributed by atoms with Crippen LogP contribution in [0.1, 0.15) is 31.4 Å². The highest BCUT2D eigenvalue weighted by molar-refractivity contribution is 5.83. The zero-order valence-electron chi connectivity index (χ0n) is 11.3. The van der Waals surface area contributed by atoms with Gasteiger partial charge in [-0.3, -0.25) is 9.78 Å². The van der Waals surface area contributed by atoms with E-state index >= 15 is 0 Å². The van der Waals surface area contributed by atoms with Crippen molar-refractivity contribution in [3.8, 4) is 0 Å². The quantitative estimate of drug-likeness (QED) is 0.903. The van der Waals surface area contributed by atoms with E-state index in [1.807, 2.05) is 18.2 Å². The maximum atomic E-state index is 11.8. The Hall–Kier alpha value is -2.30. The lowest BCUT2D eigenvalue weighted by Crippen LogP contribution is -2.13. The number of Topliss-reactive ketones (excluding diaryl/α,β-unsaturated/α-hetero) is 1. The van der Waals surface area contributed by atoms with Gasteiger partial charge in [-0.15, -0.1) is 0 Å². The molecule has 0 bridgehead atoms. The monoisotopic (exact) mass is 268 g/mol. The second-order valence-corrected chi connectivity index (χ2v) is 5.09. The van der Waals surface area contributed by atoms with Crippen LogP contribution < -0.4 is 5.32 Å². The minimum Gasteiger partial charge on any atom is -0.324 e. The fraction of sp³-hybridized carbons (Fsp3) is 0.333. The van der Waals surface area contributed by atoms with E-state index in [0.29, 0.717) is 11.9 Å². The lowest BCUT2D eigenvalue weighted by atomic mass is 9.95. The molecule has 1 fully saturated rings. The smallest absolute Gasteiger partial charge is 0.227 e. The van der Waals surface area contributed by atoms with Gasteiger partial charge in [0.05, 0.1) is 11.6 Å². The average molecular weight is 268 g/mol. The van der Waals surface area contributed by atoms with Crippen molar-refractivity contribution in [2.45, 2.75) is 25.7 Å². The van der Waals surface area contributed by atoms with Crippen molar-refractivity contribution < 1.29 is 4.79 Å². The van der Waals surface area contributed by atoms with Crippen molar-refractivity contribution in [1.29, 1.82) is 0 Å². The van der Waals surface area contributed by atoms with Gasteiger partial charge in [0.25, 0.3) is 0 Å². The van der Waals surface area contributed by atoms with E-state index in [2.05, 4.69) is 20.3 Å². The summed E-state index contributed by atoms with van der Waals surface area (Å²) in [7, 11) is 0. The number of nitrogens with zero attached hydrogens (tertiary/aromatic N) is 3. The molecule has 1 atom stereocenters. The number of carbonyl (C=O) groups excluding carboxylic acids is 1. The highest BCUT2D eigenvalue weighted by Gasteiger charge is 2.36. The fourth-order valence-electron chi connectivity index (χ4n) is 2.38. The maximum absolute atomic E-state index is 11.8. The van der Waals surface area contributed by atoms with Gasteiger partial charge in [-0.2, -0.15) is 0 Å². The molecule has 0 spiro atoms. The molecule has 0 radical (unpaired) electrons. The molecule has 1 aliphatic carbocycles. The molecule has 0 amide bonds. The number of rotatable bonds is 5. The Balaban J connectivity index is 1.83. The lowest BCUT2D eigenvalue weighted by Gasteiger charge is -2.13. The van der Waals surface area contributed by atoms with Gasteiger partial charge in [0.15, 0.2) is 0 Å². The summed E-state index contributed by atoms with van der Waals surface area (Å²) in [6.45, 7) is 1.64. The Labute approximate surface area is 117 Å². The summed E-state index contributed by atoms with van der Waals surface area (Å²) in [5, 5.41) is 3.12. The largest absolute Gasteiger partial charge is 0.324 e. The van der Waals surface area contributed by atoms with Gasteiger partial charge in [-0.1, -0.05) is 0 Å². The molecule has 2 aromatic heterocycles. The summed E-state index contributed by atoms with van der Waals surface area (Å²) in [6.07, 6.45) is 7.33. The number of anilines is 2. The Kier molecular flexibility index (Phi) is 3.41. The first-order valence-corrected chi connectivity index (χ1v) is 6.74. The maximum Gasteiger partial charge on any atom is 0.227 e. The van der Waals surface area contributed by atoms with Crippen LogP contribution in [0.25, 0.3) is 0 Å². The Morgan fingerprint density at radius 1 is 1.25 bits per heavy atom. The van der Waals surface area contributed by atoms with E-state index in [1.54, 1.807) is 25.5 Å². The summed E-state index contributed by atoms with van der Waals surface area (Å²) < 4.78 is 0. The topological polar surface area (TPSA) is 67.8 Å². The minimum atomic E-state index is -0.0870. The third-order valence-electron chi connectivity index (χ3n) is 3.46. The molecule has 1 aliphatic rings. The van der Waals surface area contributed by atoms with Crippen molar-refractivity contribution in [3.63, 3.8) is 0 Å². The normalized spacial score (nSPS) is 15.7. The zero-order valence-corrected chi connectivity index (χ0v) is 11.3. The number of carbonyl (C=O) groups is 1. The molecule has 2 aromatic rings. The van der Waals surface area contributed by atoms with Crippen LogP contribution in [-0.4, -0.2) is 20.7 Å². The number of hydrogen-bond donors (Lipinski definition) is 1. The highest BCUT2D eigenvalue weighted by Crippen LogP contribution is 2.42. The molecule has 5 nitrogen and oxygen atoms in total. The standard InChI is InChI=1S/C15H16N4O/c1-10(20)14(11-2-3-11)13-6-9-17-15(19-13)18-12-4-7-16-8-5-12/h4-9,11,14H,2-3H2,1H3,(H,16,17,18,19). The highest BCUT2D eigenvalue weighted by atomic mass is 16.1. The second kappa shape index (κ2) is 5.36. The van der Waals surface area contributed by atoms with Crippen molar-refractivity contribution in [2.75, 3.05) is 5.32 Å². The molecular formula is C15H16N4O. The van der Waals surface area contributed by atoms with Crippen LogP contribution in [0.5, 0.6) is 0 Å². The van der Waals surface area contributed by atoms with Gasteiger partial charge in [-0.25, -0.2) is 9.97 Å². The predicted molar refractivity (Wildman–Crippen MR) is 75.7 cm³/mol. The number of pyridine rings is 1. The summed E-state index contributed by atoms with van der Waals surface area (Å²) in [5.41, 5.74) is 1.69. The third kappa shape index (κ3) is 2.82. The number of nitrogens with one attached hydrogen (secondary N) is 1. The van der Waals surface area contributed by atoms with Crippen LogP contribution in [0, 0.1) is 5.92 Å². The molecule has 1 unspecified atom stereocenters. The molecule has 5 heteroatoms. The van der Waals surface area contributed by atoms with E-state index in [-0.39, 0.29) is 11.7 Å². The second-order valence-electron chi connectivity index (χ2n) is 5.09. The van der Waals surface area contributed by atoms with Crippen molar-refractivity contribution >= 4 is 17.4 Å². The van der Waals surface area contributed by atoms with Crippen LogP contribution in [0.15, 0.2) is 36.8 Å². The minimum absolute atomic E-state index is 0.0870. The van der Waals surface area contributed by atoms with E-state index < -0.39 is 0 Å². The van der Waals surface area contributed by atoms with Crippen LogP contribution >= 0.6 is 0 Å². The van der Waals surface area contributed by atoms with Crippen molar-refractivity contribution in [1.82, 2.24) is 15.0 Å². The first kappa shape index (κ1) is 12.7. The van der Waals surface area contributed by atoms with Crippen LogP contribution in [0.2, 0.25) is 0 Å². The molecule has 2 heterocycles. The van der Waals surface area contributed by atoms with E-state index in [4.69, 9.17) is 0 Å². The van der Waals surface area contributed by atoms with Gasteiger partial charge >= 0.3 is 0 Å². The van der Waals surface area contributed by atoms with Crippen molar-refractivity contribution in [3.05, 3.63) is 42.5 Å². The predicted octanol–water partition coefficient (Wildman–Crippen LogP) is 2.70. The summed E-state index contributed by atoms with van der Waals surface area (Å²) in [6, 6.07) is 5.53. The molecule has 102 valence electrons. The van der Waals surface area contributed by atoms with Crippen LogP contribution in [0.4, 0.5) is 11.6 Å². The SMILES string of the molecule is CC(=O)C(c1ccnc(Nc2ccncc2)n1)C1CC1. The fourth-order valence-corrected chi connectivity index (χ4v) is 2.38. The molecule has 1 N–H and O–H groups in total. The molecule has 20 heavy (non-hydrogen) atoms. The van der Waals surface area contributed by atoms with Gasteiger partial charge in [0.2, 0.25) is 5.95 Å². The molecule has 0 aliphatic heterocycles. The summed E-state index contributed by atoms with van der Waals surface area (Å²) >= 11 is 0. The molecular weight excluding hydrogens is 252 g/mol. The zero-order chi connectivity index (χ0) is 13.9. The Morgan fingerprint density at radius 2 is 2.00 bits per heavy atom. The average Bonchev–Trinajstić information content (AvgIpc) is 3.25. The summed E-state index contributed by atoms with van der Waals surface area (Å²) in [5.74, 6) is 1.06. The van der Waals surface area contributed by atoms with Crippen molar-refractivity contribution in [2.24, 2.45) is 5.92 Å².